The van der Waals surface area contributed by atoms with E-state index < -0.39 is 5.97 Å². The molecular formula is C18H12ClN3O3. The summed E-state index contributed by atoms with van der Waals surface area (Å²) in [4.78, 5) is 29.0. The van der Waals surface area contributed by atoms with Crippen LogP contribution >= 0.6 is 11.6 Å². The van der Waals surface area contributed by atoms with Gasteiger partial charge in [0, 0.05) is 33.2 Å². The van der Waals surface area contributed by atoms with Gasteiger partial charge in [-0.2, -0.15) is 0 Å². The lowest BCUT2D eigenvalue weighted by molar-refractivity contribution is 0.0697. The molecule has 4 rings (SSSR count). The topological polar surface area (TPSA) is 98.0 Å². The van der Waals surface area contributed by atoms with Gasteiger partial charge in [0.05, 0.1) is 11.3 Å². The van der Waals surface area contributed by atoms with Gasteiger partial charge >= 0.3 is 5.97 Å². The highest BCUT2D eigenvalue weighted by molar-refractivity contribution is 6.30. The zero-order chi connectivity index (χ0) is 17.6. The quantitative estimate of drug-likeness (QED) is 0.445. The van der Waals surface area contributed by atoms with E-state index in [0.717, 1.165) is 11.1 Å². The molecule has 0 amide bonds. The Morgan fingerprint density at radius 1 is 1.16 bits per heavy atom. The number of hydrogen-bond acceptors (Lipinski definition) is 3. The molecule has 0 aliphatic rings. The molecule has 0 bridgehead atoms. The molecule has 2 aromatic heterocycles. The molecule has 25 heavy (non-hydrogen) atoms. The first-order valence-electron chi connectivity index (χ1n) is 7.46. The van der Waals surface area contributed by atoms with Crippen LogP contribution in [0.4, 0.5) is 11.4 Å². The van der Waals surface area contributed by atoms with E-state index in [1.165, 1.54) is 12.1 Å². The smallest absolute Gasteiger partial charge is 0.335 e. The summed E-state index contributed by atoms with van der Waals surface area (Å²) in [5, 5.41) is 14.4. The van der Waals surface area contributed by atoms with Gasteiger partial charge in [0.15, 0.2) is 0 Å². The van der Waals surface area contributed by atoms with Crippen LogP contribution in [0, 0.1) is 0 Å². The number of fused-ring (bicyclic) bond motifs is 3. The van der Waals surface area contributed by atoms with E-state index in [9.17, 15) is 9.59 Å². The summed E-state index contributed by atoms with van der Waals surface area (Å²) in [5.41, 5.74) is 2.30. The lowest BCUT2D eigenvalue weighted by Gasteiger charge is -2.08. The molecule has 6 nitrogen and oxygen atoms in total. The predicted octanol–water partition coefficient (Wildman–Crippen LogP) is 4.10. The van der Waals surface area contributed by atoms with Crippen molar-refractivity contribution in [2.24, 2.45) is 0 Å². The minimum absolute atomic E-state index is 0.153. The summed E-state index contributed by atoms with van der Waals surface area (Å²) in [7, 11) is 0. The highest BCUT2D eigenvalue weighted by atomic mass is 35.5. The molecule has 0 atom stereocenters. The Hall–Kier alpha value is -3.25. The fraction of sp³-hybridized carbons (Fsp3) is 0. The maximum atomic E-state index is 12.2. The van der Waals surface area contributed by atoms with Crippen LogP contribution in [-0.2, 0) is 0 Å². The Balaban J connectivity index is 1.96. The highest BCUT2D eigenvalue weighted by Crippen LogP contribution is 2.32. The van der Waals surface area contributed by atoms with Gasteiger partial charge in [-0.3, -0.25) is 4.79 Å². The maximum absolute atomic E-state index is 12.2. The number of hydrogen-bond donors (Lipinski definition) is 4. The normalized spacial score (nSPS) is 11.1. The van der Waals surface area contributed by atoms with Crippen molar-refractivity contribution in [1.29, 1.82) is 0 Å². The molecule has 7 heteroatoms. The second-order valence-corrected chi connectivity index (χ2v) is 6.04. The second-order valence-electron chi connectivity index (χ2n) is 5.61. The first-order valence-corrected chi connectivity index (χ1v) is 7.84. The maximum Gasteiger partial charge on any atom is 0.335 e. The van der Waals surface area contributed by atoms with Crippen molar-refractivity contribution in [3.63, 3.8) is 0 Å². The van der Waals surface area contributed by atoms with Crippen molar-refractivity contribution in [2.75, 3.05) is 5.32 Å². The average molecular weight is 354 g/mol. The van der Waals surface area contributed by atoms with Gasteiger partial charge in [-0.05, 0) is 30.3 Å². The van der Waals surface area contributed by atoms with E-state index in [4.69, 9.17) is 16.7 Å². The molecule has 124 valence electrons. The first kappa shape index (κ1) is 15.3. The molecule has 0 unspecified atom stereocenters. The lowest BCUT2D eigenvalue weighted by Crippen LogP contribution is -2.06. The number of pyridine rings is 1. The Morgan fingerprint density at radius 2 is 2.00 bits per heavy atom. The molecule has 0 saturated carbocycles. The third kappa shape index (κ3) is 2.62. The van der Waals surface area contributed by atoms with Crippen molar-refractivity contribution < 1.29 is 9.90 Å². The van der Waals surface area contributed by atoms with Crippen molar-refractivity contribution in [2.45, 2.75) is 0 Å². The largest absolute Gasteiger partial charge is 0.478 e. The van der Waals surface area contributed by atoms with Gasteiger partial charge in [-0.15, -0.1) is 0 Å². The van der Waals surface area contributed by atoms with E-state index in [1.54, 1.807) is 24.4 Å². The molecule has 0 aliphatic heterocycles. The van der Waals surface area contributed by atoms with Gasteiger partial charge in [0.1, 0.15) is 5.52 Å². The zero-order valence-electron chi connectivity index (χ0n) is 12.8. The number of carboxylic acid groups (broad SMARTS) is 1. The van der Waals surface area contributed by atoms with Gasteiger partial charge in [-0.25, -0.2) is 4.79 Å². The molecule has 0 radical (unpaired) electrons. The number of aromatic amines is 2. The van der Waals surface area contributed by atoms with Crippen LogP contribution in [0.3, 0.4) is 0 Å². The van der Waals surface area contributed by atoms with E-state index in [0.29, 0.717) is 27.1 Å². The molecule has 0 aliphatic carbocycles. The number of aromatic nitrogens is 2. The minimum Gasteiger partial charge on any atom is -0.478 e. The number of H-pyrrole nitrogens is 2. The molecule has 0 fully saturated rings. The number of nitrogens with one attached hydrogen (secondary N) is 3. The second kappa shape index (κ2) is 5.68. The van der Waals surface area contributed by atoms with E-state index >= 15 is 0 Å². The minimum atomic E-state index is -1.02. The highest BCUT2D eigenvalue weighted by Gasteiger charge is 2.14. The number of halogens is 1. The Labute approximate surface area is 146 Å². The number of benzene rings is 2. The van der Waals surface area contributed by atoms with Crippen molar-refractivity contribution in [3.05, 3.63) is 69.6 Å². The number of carboxylic acids is 1. The van der Waals surface area contributed by atoms with E-state index in [2.05, 4.69) is 15.3 Å². The van der Waals surface area contributed by atoms with Gasteiger partial charge in [0.25, 0.3) is 5.56 Å². The van der Waals surface area contributed by atoms with Gasteiger partial charge < -0.3 is 20.4 Å². The summed E-state index contributed by atoms with van der Waals surface area (Å²) >= 11 is 6.02. The van der Waals surface area contributed by atoms with Crippen molar-refractivity contribution in [3.8, 4) is 0 Å². The zero-order valence-corrected chi connectivity index (χ0v) is 13.5. The average Bonchev–Trinajstić information content (AvgIpc) is 2.97. The predicted molar refractivity (Wildman–Crippen MR) is 98.1 cm³/mol. The standard InChI is InChI=1S/C18H12ClN3O3/c19-10-2-1-3-11(7-10)21-14-8-20-17(23)16-15(14)12-5-4-9(18(24)25)6-13(12)22-16/h1-8,21-22H,(H,20,23)(H,24,25). The number of rotatable bonds is 3. The number of anilines is 2. The molecule has 0 spiro atoms. The van der Waals surface area contributed by atoms with Crippen LogP contribution in [0.25, 0.3) is 21.8 Å². The fourth-order valence-corrected chi connectivity index (χ4v) is 3.07. The van der Waals surface area contributed by atoms with Crippen LogP contribution in [0.2, 0.25) is 5.02 Å². The van der Waals surface area contributed by atoms with E-state index in [1.807, 2.05) is 12.1 Å². The molecule has 2 aromatic carbocycles. The Morgan fingerprint density at radius 3 is 2.76 bits per heavy atom. The number of carbonyl (C=O) groups is 1. The van der Waals surface area contributed by atoms with Gasteiger partial charge in [-0.1, -0.05) is 23.7 Å². The summed E-state index contributed by atoms with van der Waals surface area (Å²) in [6, 6.07) is 12.0. The van der Waals surface area contributed by atoms with E-state index in [-0.39, 0.29) is 11.1 Å². The molecular weight excluding hydrogens is 342 g/mol. The van der Waals surface area contributed by atoms with Crippen LogP contribution < -0.4 is 10.9 Å². The fourth-order valence-electron chi connectivity index (χ4n) is 2.88. The molecule has 0 saturated heterocycles. The summed E-state index contributed by atoms with van der Waals surface area (Å²) in [5.74, 6) is -1.02. The third-order valence-corrected chi connectivity index (χ3v) is 4.23. The summed E-state index contributed by atoms with van der Waals surface area (Å²) < 4.78 is 0. The summed E-state index contributed by atoms with van der Waals surface area (Å²) in [6.07, 6.45) is 1.59. The third-order valence-electron chi connectivity index (χ3n) is 3.99. The van der Waals surface area contributed by atoms with Crippen molar-refractivity contribution in [1.82, 2.24) is 9.97 Å². The summed E-state index contributed by atoms with van der Waals surface area (Å²) in [6.45, 7) is 0. The first-order chi connectivity index (χ1) is 12.0. The molecule has 4 aromatic rings. The van der Waals surface area contributed by atoms with Crippen LogP contribution in [-0.4, -0.2) is 21.0 Å². The molecule has 4 N–H and O–H groups in total. The number of aromatic carboxylic acids is 1. The Bertz CT molecular complexity index is 1190. The van der Waals surface area contributed by atoms with Crippen molar-refractivity contribution >= 4 is 50.8 Å². The Kier molecular flexibility index (Phi) is 3.47. The lowest BCUT2D eigenvalue weighted by atomic mass is 10.1. The monoisotopic (exact) mass is 353 g/mol. The SMILES string of the molecule is O=C(O)c1ccc2c(c1)[nH]c1c(=O)[nH]cc(Nc3cccc(Cl)c3)c12. The van der Waals surface area contributed by atoms with Crippen LogP contribution in [0.5, 0.6) is 0 Å². The van der Waals surface area contributed by atoms with Crippen LogP contribution in [0.15, 0.2) is 53.5 Å². The van der Waals surface area contributed by atoms with Crippen LogP contribution in [0.1, 0.15) is 10.4 Å². The van der Waals surface area contributed by atoms with Gasteiger partial charge in [0.2, 0.25) is 0 Å². The molecule has 2 heterocycles.